The molecule has 1 aliphatic rings. The summed E-state index contributed by atoms with van der Waals surface area (Å²) in [6.45, 7) is 3.64. The zero-order valence-corrected chi connectivity index (χ0v) is 18.9. The van der Waals surface area contributed by atoms with Crippen LogP contribution >= 0.6 is 11.3 Å². The van der Waals surface area contributed by atoms with Gasteiger partial charge in [0.2, 0.25) is 0 Å². The molecule has 1 aliphatic heterocycles. The molecule has 0 unspecified atom stereocenters. The highest BCUT2D eigenvalue weighted by atomic mass is 32.1. The van der Waals surface area contributed by atoms with Crippen LogP contribution in [0.15, 0.2) is 41.4 Å². The van der Waals surface area contributed by atoms with Crippen LogP contribution in [0.5, 0.6) is 11.5 Å². The molecule has 1 aromatic carbocycles. The van der Waals surface area contributed by atoms with E-state index >= 15 is 0 Å². The number of unbranched alkanes of at least 4 members (excludes halogenated alkanes) is 1. The van der Waals surface area contributed by atoms with E-state index in [2.05, 4.69) is 12.2 Å². The predicted octanol–water partition coefficient (Wildman–Crippen LogP) is 4.16. The van der Waals surface area contributed by atoms with Crippen molar-refractivity contribution in [2.45, 2.75) is 26.2 Å². The van der Waals surface area contributed by atoms with Crippen LogP contribution in [0.3, 0.4) is 0 Å². The lowest BCUT2D eigenvalue weighted by atomic mass is 10.2. The molecule has 0 spiro atoms. The van der Waals surface area contributed by atoms with Crippen molar-refractivity contribution in [1.82, 2.24) is 4.90 Å². The van der Waals surface area contributed by atoms with Crippen LogP contribution in [0.1, 0.15) is 31.1 Å². The SMILES string of the molecule is CCCCOCCCN1C(=O)C(Nc2ccc(OC)c(OC)c2)=C(c2cccs2)C1=O. The van der Waals surface area contributed by atoms with E-state index in [9.17, 15) is 9.59 Å². The summed E-state index contributed by atoms with van der Waals surface area (Å²) < 4.78 is 16.2. The van der Waals surface area contributed by atoms with Crippen molar-refractivity contribution < 1.29 is 23.8 Å². The van der Waals surface area contributed by atoms with Gasteiger partial charge in [-0.15, -0.1) is 11.3 Å². The number of hydrogen-bond acceptors (Lipinski definition) is 7. The second kappa shape index (κ2) is 11.0. The van der Waals surface area contributed by atoms with Gasteiger partial charge < -0.3 is 19.5 Å². The molecule has 31 heavy (non-hydrogen) atoms. The normalized spacial score (nSPS) is 13.8. The van der Waals surface area contributed by atoms with E-state index in [-0.39, 0.29) is 17.5 Å². The second-order valence-electron chi connectivity index (χ2n) is 7.00. The van der Waals surface area contributed by atoms with E-state index in [1.807, 2.05) is 17.5 Å². The third-order valence-corrected chi connectivity index (χ3v) is 5.79. The molecular formula is C23H28N2O5S. The summed E-state index contributed by atoms with van der Waals surface area (Å²) in [6.07, 6.45) is 2.68. The molecule has 166 valence electrons. The van der Waals surface area contributed by atoms with Gasteiger partial charge in [-0.2, -0.15) is 0 Å². The Labute approximate surface area is 186 Å². The van der Waals surface area contributed by atoms with E-state index < -0.39 is 0 Å². The van der Waals surface area contributed by atoms with Crippen molar-refractivity contribution in [3.05, 3.63) is 46.3 Å². The van der Waals surface area contributed by atoms with Gasteiger partial charge in [0.1, 0.15) is 5.70 Å². The summed E-state index contributed by atoms with van der Waals surface area (Å²) in [4.78, 5) is 28.3. The highest BCUT2D eigenvalue weighted by molar-refractivity contribution is 7.11. The molecule has 7 nitrogen and oxygen atoms in total. The van der Waals surface area contributed by atoms with Crippen molar-refractivity contribution in [1.29, 1.82) is 0 Å². The number of anilines is 1. The van der Waals surface area contributed by atoms with E-state index in [0.29, 0.717) is 48.9 Å². The summed E-state index contributed by atoms with van der Waals surface area (Å²) in [6, 6.07) is 8.98. The van der Waals surface area contributed by atoms with Gasteiger partial charge in [-0.05, 0) is 36.4 Å². The van der Waals surface area contributed by atoms with Crippen LogP contribution < -0.4 is 14.8 Å². The van der Waals surface area contributed by atoms with Gasteiger partial charge in [0, 0.05) is 36.4 Å². The number of imide groups is 1. The number of thiophene rings is 1. The standard InChI is InChI=1S/C23H28N2O5S/c1-4-5-12-30-13-7-11-25-22(26)20(19-8-6-14-31-19)21(23(25)27)24-16-9-10-17(28-2)18(15-16)29-3/h6,8-10,14-15,24H,4-5,7,11-13H2,1-3H3. The predicted molar refractivity (Wildman–Crippen MR) is 121 cm³/mol. The first-order chi connectivity index (χ1) is 15.1. The van der Waals surface area contributed by atoms with Crippen molar-refractivity contribution in [3.63, 3.8) is 0 Å². The van der Waals surface area contributed by atoms with Gasteiger partial charge in [-0.3, -0.25) is 14.5 Å². The van der Waals surface area contributed by atoms with Crippen LogP contribution in [0.25, 0.3) is 5.57 Å². The van der Waals surface area contributed by atoms with Gasteiger partial charge >= 0.3 is 0 Å². The molecule has 1 N–H and O–H groups in total. The Kier molecular flexibility index (Phi) is 8.08. The van der Waals surface area contributed by atoms with E-state index in [1.165, 1.54) is 16.2 Å². The van der Waals surface area contributed by atoms with E-state index in [0.717, 1.165) is 17.7 Å². The van der Waals surface area contributed by atoms with E-state index in [1.54, 1.807) is 32.4 Å². The fraction of sp³-hybridized carbons (Fsp3) is 0.391. The molecule has 0 aliphatic carbocycles. The third kappa shape index (κ3) is 5.26. The van der Waals surface area contributed by atoms with Crippen molar-refractivity contribution >= 4 is 34.4 Å². The molecule has 2 heterocycles. The van der Waals surface area contributed by atoms with Gasteiger partial charge in [0.25, 0.3) is 11.8 Å². The fourth-order valence-electron chi connectivity index (χ4n) is 3.28. The third-order valence-electron chi connectivity index (χ3n) is 4.90. The lowest BCUT2D eigenvalue weighted by molar-refractivity contribution is -0.137. The van der Waals surface area contributed by atoms with Crippen molar-refractivity contribution in [2.24, 2.45) is 0 Å². The Morgan fingerprint density at radius 1 is 1.00 bits per heavy atom. The summed E-state index contributed by atoms with van der Waals surface area (Å²) in [5, 5.41) is 5.03. The van der Waals surface area contributed by atoms with Crippen LogP contribution in [-0.4, -0.2) is 50.7 Å². The molecule has 2 amide bonds. The lowest BCUT2D eigenvalue weighted by Crippen LogP contribution is -2.34. The van der Waals surface area contributed by atoms with Gasteiger partial charge in [0.05, 0.1) is 19.8 Å². The average Bonchev–Trinajstić information content (AvgIpc) is 3.38. The van der Waals surface area contributed by atoms with Gasteiger partial charge in [0.15, 0.2) is 11.5 Å². The summed E-state index contributed by atoms with van der Waals surface area (Å²) in [5.41, 5.74) is 1.29. The van der Waals surface area contributed by atoms with Crippen LogP contribution in [-0.2, 0) is 14.3 Å². The first-order valence-electron chi connectivity index (χ1n) is 10.3. The number of ether oxygens (including phenoxy) is 3. The largest absolute Gasteiger partial charge is 0.493 e. The zero-order valence-electron chi connectivity index (χ0n) is 18.1. The maximum atomic E-state index is 13.2. The van der Waals surface area contributed by atoms with E-state index in [4.69, 9.17) is 14.2 Å². The number of nitrogens with zero attached hydrogens (tertiary/aromatic N) is 1. The van der Waals surface area contributed by atoms with Crippen LogP contribution in [0, 0.1) is 0 Å². The maximum Gasteiger partial charge on any atom is 0.278 e. The molecule has 1 aromatic heterocycles. The molecule has 0 fully saturated rings. The number of methoxy groups -OCH3 is 2. The first kappa shape index (κ1) is 22.8. The lowest BCUT2D eigenvalue weighted by Gasteiger charge is -2.15. The van der Waals surface area contributed by atoms with Crippen molar-refractivity contribution in [2.75, 3.05) is 39.3 Å². The smallest absolute Gasteiger partial charge is 0.278 e. The molecule has 3 rings (SSSR count). The number of nitrogens with one attached hydrogen (secondary N) is 1. The molecule has 0 saturated carbocycles. The minimum absolute atomic E-state index is 0.270. The molecule has 0 saturated heterocycles. The number of benzene rings is 1. The highest BCUT2D eigenvalue weighted by Crippen LogP contribution is 2.35. The van der Waals surface area contributed by atoms with Crippen LogP contribution in [0.4, 0.5) is 5.69 Å². The molecule has 0 atom stereocenters. The van der Waals surface area contributed by atoms with Gasteiger partial charge in [-0.25, -0.2) is 0 Å². The Balaban J connectivity index is 1.80. The Hall–Kier alpha value is -2.84. The molecule has 0 bridgehead atoms. The second-order valence-corrected chi connectivity index (χ2v) is 7.95. The number of hydrogen-bond donors (Lipinski definition) is 1. The summed E-state index contributed by atoms with van der Waals surface area (Å²) >= 11 is 1.43. The first-order valence-corrected chi connectivity index (χ1v) is 11.2. The Bertz CT molecular complexity index is 939. The number of amides is 2. The fourth-order valence-corrected chi connectivity index (χ4v) is 4.04. The Morgan fingerprint density at radius 3 is 2.45 bits per heavy atom. The quantitative estimate of drug-likeness (QED) is 0.391. The summed E-state index contributed by atoms with van der Waals surface area (Å²) in [5.74, 6) is 0.489. The topological polar surface area (TPSA) is 77.1 Å². The van der Waals surface area contributed by atoms with Gasteiger partial charge in [-0.1, -0.05) is 19.4 Å². The van der Waals surface area contributed by atoms with Crippen LogP contribution in [0.2, 0.25) is 0 Å². The molecule has 8 heteroatoms. The average molecular weight is 445 g/mol. The Morgan fingerprint density at radius 2 is 1.77 bits per heavy atom. The zero-order chi connectivity index (χ0) is 22.2. The number of carbonyl (C=O) groups is 2. The maximum absolute atomic E-state index is 13.2. The minimum Gasteiger partial charge on any atom is -0.493 e. The number of carbonyl (C=O) groups excluding carboxylic acids is 2. The molecule has 2 aromatic rings. The highest BCUT2D eigenvalue weighted by Gasteiger charge is 2.39. The van der Waals surface area contributed by atoms with Crippen molar-refractivity contribution in [3.8, 4) is 11.5 Å². The summed E-state index contributed by atoms with van der Waals surface area (Å²) in [7, 11) is 3.11. The molecular weight excluding hydrogens is 416 g/mol. The minimum atomic E-state index is -0.336. The molecule has 0 radical (unpaired) electrons. The number of rotatable bonds is 12. The monoisotopic (exact) mass is 444 g/mol.